The highest BCUT2D eigenvalue weighted by atomic mass is 35.5. The second-order valence-electron chi connectivity index (χ2n) is 8.57. The summed E-state index contributed by atoms with van der Waals surface area (Å²) in [7, 11) is 1.31. The van der Waals surface area contributed by atoms with Crippen molar-refractivity contribution in [2.75, 3.05) is 20.2 Å². The standard InChI is InChI=1S/C25H28ClN5O3/c1-17-5-3-7-19(11-17)14-30-15-21(31-16-22(28-29-31)25(33)34-2)13-23(30)24(32)27-10-9-18-6-4-8-20(26)12-18/h3-8,11-12,16,21,23H,9-10,13-15H2,1-2H3,(H,27,32)/t21-,23+/m1/s1. The van der Waals surface area contributed by atoms with Gasteiger partial charge in [-0.3, -0.25) is 9.69 Å². The Bertz CT molecular complexity index is 1160. The third kappa shape index (κ3) is 5.81. The molecule has 178 valence electrons. The molecule has 34 heavy (non-hydrogen) atoms. The predicted octanol–water partition coefficient (Wildman–Crippen LogP) is 3.20. The van der Waals surface area contributed by atoms with Crippen molar-refractivity contribution in [1.29, 1.82) is 0 Å². The molecule has 0 bridgehead atoms. The van der Waals surface area contributed by atoms with Gasteiger partial charge in [0.15, 0.2) is 5.69 Å². The Kier molecular flexibility index (Phi) is 7.59. The van der Waals surface area contributed by atoms with E-state index < -0.39 is 5.97 Å². The van der Waals surface area contributed by atoms with Crippen LogP contribution in [0.4, 0.5) is 0 Å². The number of likely N-dealkylation sites (tertiary alicyclic amines) is 1. The highest BCUT2D eigenvalue weighted by Crippen LogP contribution is 2.29. The molecule has 1 saturated heterocycles. The lowest BCUT2D eigenvalue weighted by atomic mass is 10.1. The summed E-state index contributed by atoms with van der Waals surface area (Å²) in [5.74, 6) is -0.554. The van der Waals surface area contributed by atoms with Gasteiger partial charge in [-0.1, -0.05) is 58.8 Å². The van der Waals surface area contributed by atoms with Crippen molar-refractivity contribution in [1.82, 2.24) is 25.2 Å². The molecule has 1 amide bonds. The Morgan fingerprint density at radius 3 is 2.74 bits per heavy atom. The van der Waals surface area contributed by atoms with Crippen LogP contribution in [0.3, 0.4) is 0 Å². The second kappa shape index (κ2) is 10.8. The van der Waals surface area contributed by atoms with Crippen LogP contribution < -0.4 is 5.32 Å². The van der Waals surface area contributed by atoms with Crippen molar-refractivity contribution in [3.8, 4) is 0 Å². The molecule has 3 aromatic rings. The largest absolute Gasteiger partial charge is 0.464 e. The number of benzene rings is 2. The smallest absolute Gasteiger partial charge is 0.360 e. The molecule has 1 fully saturated rings. The van der Waals surface area contributed by atoms with Crippen LogP contribution >= 0.6 is 11.6 Å². The van der Waals surface area contributed by atoms with Gasteiger partial charge in [0.2, 0.25) is 5.91 Å². The summed E-state index contributed by atoms with van der Waals surface area (Å²) >= 11 is 6.07. The van der Waals surface area contributed by atoms with Crippen molar-refractivity contribution in [2.45, 2.75) is 38.4 Å². The minimum absolute atomic E-state index is 0.0227. The van der Waals surface area contributed by atoms with Gasteiger partial charge in [-0.15, -0.1) is 5.10 Å². The molecule has 4 rings (SSSR count). The number of aryl methyl sites for hydroxylation is 1. The van der Waals surface area contributed by atoms with E-state index in [1.165, 1.54) is 12.7 Å². The topological polar surface area (TPSA) is 89.4 Å². The molecular weight excluding hydrogens is 454 g/mol. The van der Waals surface area contributed by atoms with E-state index >= 15 is 0 Å². The number of halogens is 1. The third-order valence-corrected chi connectivity index (χ3v) is 6.27. The molecule has 2 atom stereocenters. The Balaban J connectivity index is 1.46. The zero-order valence-corrected chi connectivity index (χ0v) is 20.0. The van der Waals surface area contributed by atoms with Crippen LogP contribution in [0.25, 0.3) is 0 Å². The van der Waals surface area contributed by atoms with Crippen LogP contribution in [0.1, 0.15) is 39.6 Å². The van der Waals surface area contributed by atoms with Gasteiger partial charge in [-0.2, -0.15) is 0 Å². The number of carbonyl (C=O) groups excluding carboxylic acids is 2. The van der Waals surface area contributed by atoms with E-state index in [9.17, 15) is 9.59 Å². The molecule has 0 unspecified atom stereocenters. The van der Waals surface area contributed by atoms with Crippen LogP contribution in [-0.4, -0.2) is 58.0 Å². The highest BCUT2D eigenvalue weighted by molar-refractivity contribution is 6.30. The summed E-state index contributed by atoms with van der Waals surface area (Å²) in [5.41, 5.74) is 3.55. The lowest BCUT2D eigenvalue weighted by Crippen LogP contribution is -2.43. The summed E-state index contributed by atoms with van der Waals surface area (Å²) in [5, 5.41) is 11.8. The quantitative estimate of drug-likeness (QED) is 0.497. The predicted molar refractivity (Wildman–Crippen MR) is 129 cm³/mol. The number of nitrogens with one attached hydrogen (secondary N) is 1. The number of hydrogen-bond donors (Lipinski definition) is 1. The number of rotatable bonds is 8. The zero-order valence-electron chi connectivity index (χ0n) is 19.3. The number of esters is 1. The van der Waals surface area contributed by atoms with E-state index in [0.29, 0.717) is 37.5 Å². The van der Waals surface area contributed by atoms with Gasteiger partial charge in [0.05, 0.1) is 25.4 Å². The first-order chi connectivity index (χ1) is 16.4. The summed E-state index contributed by atoms with van der Waals surface area (Å²) in [6, 6.07) is 15.5. The number of methoxy groups -OCH3 is 1. The van der Waals surface area contributed by atoms with E-state index in [4.69, 9.17) is 16.3 Å². The fourth-order valence-corrected chi connectivity index (χ4v) is 4.57. The van der Waals surface area contributed by atoms with Crippen LogP contribution in [0.5, 0.6) is 0 Å². The second-order valence-corrected chi connectivity index (χ2v) is 9.01. The molecule has 0 aliphatic carbocycles. The van der Waals surface area contributed by atoms with Crippen molar-refractivity contribution in [2.24, 2.45) is 0 Å². The molecule has 0 saturated carbocycles. The number of nitrogens with zero attached hydrogens (tertiary/aromatic N) is 4. The number of aromatic nitrogens is 3. The van der Waals surface area contributed by atoms with Gasteiger partial charge in [0.1, 0.15) is 0 Å². The maximum atomic E-state index is 13.2. The summed E-state index contributed by atoms with van der Waals surface area (Å²) in [6.07, 6.45) is 2.85. The van der Waals surface area contributed by atoms with Crippen LogP contribution in [0, 0.1) is 6.92 Å². The average Bonchev–Trinajstić information content (AvgIpc) is 3.46. The molecule has 0 spiro atoms. The van der Waals surface area contributed by atoms with E-state index in [1.807, 2.05) is 30.3 Å². The number of carbonyl (C=O) groups is 2. The van der Waals surface area contributed by atoms with Crippen molar-refractivity contribution in [3.63, 3.8) is 0 Å². The average molecular weight is 482 g/mol. The molecule has 0 radical (unpaired) electrons. The first kappa shape index (κ1) is 23.9. The SMILES string of the molecule is COC(=O)c1cn([C@@H]2C[C@@H](C(=O)NCCc3cccc(Cl)c3)N(Cc3cccc(C)c3)C2)nn1. The minimum atomic E-state index is -0.531. The summed E-state index contributed by atoms with van der Waals surface area (Å²) in [4.78, 5) is 27.2. The number of amides is 1. The van der Waals surface area contributed by atoms with Crippen LogP contribution in [-0.2, 0) is 22.5 Å². The van der Waals surface area contributed by atoms with Crippen molar-refractivity contribution >= 4 is 23.5 Å². The van der Waals surface area contributed by atoms with Gasteiger partial charge in [0, 0.05) is 24.7 Å². The molecule has 1 N–H and O–H groups in total. The fourth-order valence-electron chi connectivity index (χ4n) is 4.36. The Hall–Kier alpha value is -3.23. The van der Waals surface area contributed by atoms with Crippen LogP contribution in [0.15, 0.2) is 54.7 Å². The Morgan fingerprint density at radius 1 is 1.18 bits per heavy atom. The molecule has 2 heterocycles. The molecule has 2 aromatic carbocycles. The minimum Gasteiger partial charge on any atom is -0.464 e. The molecule has 1 aliphatic heterocycles. The maximum absolute atomic E-state index is 13.2. The van der Waals surface area contributed by atoms with E-state index in [1.54, 1.807) is 10.9 Å². The van der Waals surface area contributed by atoms with Gasteiger partial charge >= 0.3 is 5.97 Å². The monoisotopic (exact) mass is 481 g/mol. The van der Waals surface area contributed by atoms with Crippen LogP contribution in [0.2, 0.25) is 5.02 Å². The zero-order chi connectivity index (χ0) is 24.1. The lowest BCUT2D eigenvalue weighted by Gasteiger charge is -2.23. The Labute approximate surface area is 203 Å². The first-order valence-corrected chi connectivity index (χ1v) is 11.6. The summed E-state index contributed by atoms with van der Waals surface area (Å²) < 4.78 is 6.39. The van der Waals surface area contributed by atoms with E-state index in [-0.39, 0.29) is 23.7 Å². The normalized spacial score (nSPS) is 18.1. The van der Waals surface area contributed by atoms with Gasteiger partial charge in [0.25, 0.3) is 0 Å². The molecule has 1 aromatic heterocycles. The van der Waals surface area contributed by atoms with E-state index in [0.717, 1.165) is 11.1 Å². The van der Waals surface area contributed by atoms with Crippen molar-refractivity contribution < 1.29 is 14.3 Å². The lowest BCUT2D eigenvalue weighted by molar-refractivity contribution is -0.125. The Morgan fingerprint density at radius 2 is 1.97 bits per heavy atom. The van der Waals surface area contributed by atoms with Gasteiger partial charge < -0.3 is 10.1 Å². The van der Waals surface area contributed by atoms with Gasteiger partial charge in [-0.25, -0.2) is 9.48 Å². The number of ether oxygens (including phenoxy) is 1. The highest BCUT2D eigenvalue weighted by Gasteiger charge is 2.38. The molecule has 9 heteroatoms. The van der Waals surface area contributed by atoms with Crippen molar-refractivity contribution in [3.05, 3.63) is 82.1 Å². The molecular formula is C25H28ClN5O3. The van der Waals surface area contributed by atoms with Gasteiger partial charge in [-0.05, 0) is 43.0 Å². The molecule has 8 nitrogen and oxygen atoms in total. The maximum Gasteiger partial charge on any atom is 0.360 e. The third-order valence-electron chi connectivity index (χ3n) is 6.03. The summed E-state index contributed by atoms with van der Waals surface area (Å²) in [6.45, 7) is 3.84. The van der Waals surface area contributed by atoms with E-state index in [2.05, 4.69) is 45.7 Å². The number of hydrogen-bond acceptors (Lipinski definition) is 6. The first-order valence-electron chi connectivity index (χ1n) is 11.2. The molecule has 1 aliphatic rings. The fraction of sp³-hybridized carbons (Fsp3) is 0.360.